The second-order valence-electron chi connectivity index (χ2n) is 3.70. The van der Waals surface area contributed by atoms with Gasteiger partial charge in [0, 0.05) is 13.6 Å². The molecule has 2 rings (SSSR count). The maximum atomic E-state index is 11.5. The number of hydrogen-bond acceptors (Lipinski definition) is 6. The van der Waals surface area contributed by atoms with Crippen LogP contribution in [0.15, 0.2) is 11.4 Å². The third kappa shape index (κ3) is 2.76. The molecule has 1 N–H and O–H groups in total. The molecule has 0 bridgehead atoms. The lowest BCUT2D eigenvalue weighted by molar-refractivity contribution is -0.118. The average Bonchev–Trinajstić information content (AvgIpc) is 2.76. The molecule has 8 heteroatoms. The molecule has 0 saturated carbocycles. The van der Waals surface area contributed by atoms with Crippen molar-refractivity contribution in [2.24, 2.45) is 7.05 Å². The van der Waals surface area contributed by atoms with Crippen LogP contribution in [0.1, 0.15) is 13.3 Å². The molecule has 0 fully saturated rings. The molecule has 0 aliphatic rings. The molecule has 0 aliphatic carbocycles. The monoisotopic (exact) mass is 266 g/mol. The quantitative estimate of drug-likeness (QED) is 0.622. The Kier molecular flexibility index (Phi) is 4.08. The van der Waals surface area contributed by atoms with Gasteiger partial charge < -0.3 is 5.32 Å². The highest BCUT2D eigenvalue weighted by molar-refractivity contribution is 8.00. The Morgan fingerprint density at radius 1 is 1.50 bits per heavy atom. The van der Waals surface area contributed by atoms with Gasteiger partial charge >= 0.3 is 0 Å². The van der Waals surface area contributed by atoms with Crippen LogP contribution in [0, 0.1) is 0 Å². The van der Waals surface area contributed by atoms with Gasteiger partial charge in [-0.15, -0.1) is 5.10 Å². The Labute approximate surface area is 108 Å². The molecule has 0 aromatic carbocycles. The number of rotatable bonds is 5. The fraction of sp³-hybridized carbons (Fsp3) is 0.500. The number of aromatic nitrogens is 5. The lowest BCUT2D eigenvalue weighted by Gasteiger charge is -2.02. The van der Waals surface area contributed by atoms with Crippen molar-refractivity contribution in [1.29, 1.82) is 0 Å². The van der Waals surface area contributed by atoms with Gasteiger partial charge in [-0.1, -0.05) is 23.9 Å². The van der Waals surface area contributed by atoms with E-state index >= 15 is 0 Å². The number of carbonyl (C=O) groups excluding carboxylic acids is 1. The standard InChI is InChI=1S/C10H14N6OS/c1-3-4-11-7(17)5-18-10-8-9(12-6-13-10)16(2)15-14-8/h6H,3-5H2,1-2H3,(H,11,17). The first kappa shape index (κ1) is 12.7. The zero-order valence-electron chi connectivity index (χ0n) is 10.3. The first-order valence-electron chi connectivity index (χ1n) is 5.62. The summed E-state index contributed by atoms with van der Waals surface area (Å²) in [5, 5.41) is 11.4. The Bertz CT molecular complexity index is 554. The van der Waals surface area contributed by atoms with E-state index in [1.807, 2.05) is 6.92 Å². The molecule has 96 valence electrons. The molecule has 2 aromatic rings. The van der Waals surface area contributed by atoms with Crippen LogP contribution in [0.2, 0.25) is 0 Å². The molecule has 2 heterocycles. The molecule has 0 unspecified atom stereocenters. The van der Waals surface area contributed by atoms with Crippen LogP contribution in [0.4, 0.5) is 0 Å². The van der Waals surface area contributed by atoms with Gasteiger partial charge in [-0.3, -0.25) is 4.79 Å². The third-order valence-electron chi connectivity index (χ3n) is 2.27. The van der Waals surface area contributed by atoms with Crippen LogP contribution in [-0.4, -0.2) is 43.2 Å². The summed E-state index contributed by atoms with van der Waals surface area (Å²) in [6.45, 7) is 2.71. The molecular weight excluding hydrogens is 252 g/mol. The van der Waals surface area contributed by atoms with Crippen molar-refractivity contribution in [2.45, 2.75) is 18.4 Å². The number of thioether (sulfide) groups is 1. The van der Waals surface area contributed by atoms with E-state index in [2.05, 4.69) is 25.6 Å². The van der Waals surface area contributed by atoms with Gasteiger partial charge in [0.1, 0.15) is 11.4 Å². The predicted molar refractivity (Wildman–Crippen MR) is 68.1 cm³/mol. The summed E-state index contributed by atoms with van der Waals surface area (Å²) in [7, 11) is 1.77. The van der Waals surface area contributed by atoms with E-state index in [4.69, 9.17) is 0 Å². The maximum Gasteiger partial charge on any atom is 0.230 e. The van der Waals surface area contributed by atoms with Crippen LogP contribution >= 0.6 is 11.8 Å². The van der Waals surface area contributed by atoms with E-state index in [1.165, 1.54) is 18.1 Å². The predicted octanol–water partition coefficient (Wildman–Crippen LogP) is 0.377. The molecule has 0 atom stereocenters. The molecule has 1 amide bonds. The van der Waals surface area contributed by atoms with Crippen molar-refractivity contribution in [3.8, 4) is 0 Å². The van der Waals surface area contributed by atoms with Gasteiger partial charge in [0.05, 0.1) is 5.75 Å². The zero-order valence-corrected chi connectivity index (χ0v) is 11.1. The number of amides is 1. The second-order valence-corrected chi connectivity index (χ2v) is 4.67. The van der Waals surface area contributed by atoms with Gasteiger partial charge in [-0.05, 0) is 6.42 Å². The maximum absolute atomic E-state index is 11.5. The lowest BCUT2D eigenvalue weighted by atomic mass is 10.5. The van der Waals surface area contributed by atoms with Crippen molar-refractivity contribution in [1.82, 2.24) is 30.3 Å². The van der Waals surface area contributed by atoms with Crippen LogP contribution < -0.4 is 5.32 Å². The lowest BCUT2D eigenvalue weighted by Crippen LogP contribution is -2.25. The van der Waals surface area contributed by atoms with Gasteiger partial charge in [0.25, 0.3) is 0 Å². The summed E-state index contributed by atoms with van der Waals surface area (Å²) in [4.78, 5) is 19.7. The smallest absolute Gasteiger partial charge is 0.230 e. The molecule has 7 nitrogen and oxygen atoms in total. The van der Waals surface area contributed by atoms with Crippen LogP contribution in [0.5, 0.6) is 0 Å². The highest BCUT2D eigenvalue weighted by Gasteiger charge is 2.11. The summed E-state index contributed by atoms with van der Waals surface area (Å²) in [5.41, 5.74) is 1.30. The Balaban J connectivity index is 2.06. The van der Waals surface area contributed by atoms with Gasteiger partial charge in [-0.25, -0.2) is 14.6 Å². The summed E-state index contributed by atoms with van der Waals surface area (Å²) < 4.78 is 1.58. The van der Waals surface area contributed by atoms with Crippen molar-refractivity contribution >= 4 is 28.8 Å². The summed E-state index contributed by atoms with van der Waals surface area (Å²) in [6, 6.07) is 0. The van der Waals surface area contributed by atoms with Crippen molar-refractivity contribution in [3.05, 3.63) is 6.33 Å². The van der Waals surface area contributed by atoms with Crippen molar-refractivity contribution < 1.29 is 4.79 Å². The second kappa shape index (κ2) is 5.76. The fourth-order valence-corrected chi connectivity index (χ4v) is 2.15. The first-order valence-corrected chi connectivity index (χ1v) is 6.60. The normalized spacial score (nSPS) is 10.8. The number of hydrogen-bond donors (Lipinski definition) is 1. The van der Waals surface area contributed by atoms with E-state index in [-0.39, 0.29) is 5.91 Å². The highest BCUT2D eigenvalue weighted by atomic mass is 32.2. The van der Waals surface area contributed by atoms with Gasteiger partial charge in [-0.2, -0.15) is 0 Å². The Morgan fingerprint density at radius 3 is 3.11 bits per heavy atom. The SMILES string of the molecule is CCCNC(=O)CSc1ncnc2c1nnn2C. The Morgan fingerprint density at radius 2 is 2.33 bits per heavy atom. The summed E-state index contributed by atoms with van der Waals surface area (Å²) in [5.74, 6) is 0.320. The van der Waals surface area contributed by atoms with Gasteiger partial charge in [0.15, 0.2) is 11.2 Å². The van der Waals surface area contributed by atoms with Crippen LogP contribution in [-0.2, 0) is 11.8 Å². The molecule has 18 heavy (non-hydrogen) atoms. The molecule has 0 aliphatic heterocycles. The molecule has 0 radical (unpaired) electrons. The number of nitrogens with zero attached hydrogens (tertiary/aromatic N) is 5. The van der Waals surface area contributed by atoms with E-state index in [1.54, 1.807) is 11.7 Å². The topological polar surface area (TPSA) is 85.6 Å². The molecular formula is C10H14N6OS. The molecule has 0 saturated heterocycles. The third-order valence-corrected chi connectivity index (χ3v) is 3.25. The van der Waals surface area contributed by atoms with Gasteiger partial charge in [0.2, 0.25) is 5.91 Å². The van der Waals surface area contributed by atoms with E-state index in [0.29, 0.717) is 28.5 Å². The molecule has 0 spiro atoms. The minimum absolute atomic E-state index is 0.00231. The van der Waals surface area contributed by atoms with E-state index in [9.17, 15) is 4.79 Å². The minimum atomic E-state index is -0.00231. The summed E-state index contributed by atoms with van der Waals surface area (Å²) >= 11 is 1.34. The summed E-state index contributed by atoms with van der Waals surface area (Å²) in [6.07, 6.45) is 2.39. The van der Waals surface area contributed by atoms with Crippen molar-refractivity contribution in [3.63, 3.8) is 0 Å². The highest BCUT2D eigenvalue weighted by Crippen LogP contribution is 2.21. The number of carbonyl (C=O) groups is 1. The zero-order chi connectivity index (χ0) is 13.0. The first-order chi connectivity index (χ1) is 8.72. The van der Waals surface area contributed by atoms with Crippen molar-refractivity contribution in [2.75, 3.05) is 12.3 Å². The average molecular weight is 266 g/mol. The minimum Gasteiger partial charge on any atom is -0.355 e. The largest absolute Gasteiger partial charge is 0.355 e. The van der Waals surface area contributed by atoms with E-state index < -0.39 is 0 Å². The number of aryl methyl sites for hydroxylation is 1. The van der Waals surface area contributed by atoms with E-state index in [0.717, 1.165) is 6.42 Å². The number of nitrogens with one attached hydrogen (secondary N) is 1. The molecule has 2 aromatic heterocycles. The fourth-order valence-electron chi connectivity index (χ4n) is 1.39. The van der Waals surface area contributed by atoms with Crippen LogP contribution in [0.3, 0.4) is 0 Å². The Hall–Kier alpha value is -1.70. The van der Waals surface area contributed by atoms with Crippen LogP contribution in [0.25, 0.3) is 11.2 Å². The number of fused-ring (bicyclic) bond motifs is 1.